The Hall–Kier alpha value is -1.29. The summed E-state index contributed by atoms with van der Waals surface area (Å²) < 4.78 is 0. The first kappa shape index (κ1) is 27.3. The summed E-state index contributed by atoms with van der Waals surface area (Å²) in [5.74, 6) is 3.78. The van der Waals surface area contributed by atoms with Crippen LogP contribution >= 0.6 is 0 Å². The van der Waals surface area contributed by atoms with E-state index in [2.05, 4.69) is 38.1 Å². The molecular formula is C33H53N. The molecule has 2 fully saturated rings. The number of benzene rings is 1. The van der Waals surface area contributed by atoms with Gasteiger partial charge in [-0.1, -0.05) is 129 Å². The highest BCUT2D eigenvalue weighted by Crippen LogP contribution is 2.36. The van der Waals surface area contributed by atoms with E-state index in [9.17, 15) is 5.26 Å². The molecule has 1 heteroatoms. The molecule has 2 saturated carbocycles. The second-order valence-electron chi connectivity index (χ2n) is 11.9. The van der Waals surface area contributed by atoms with Crippen molar-refractivity contribution < 1.29 is 0 Å². The number of unbranched alkanes of at least 4 members (excludes halogenated alkanes) is 4. The summed E-state index contributed by atoms with van der Waals surface area (Å²) in [6.07, 6.45) is 27.6. The van der Waals surface area contributed by atoms with Gasteiger partial charge >= 0.3 is 0 Å². The van der Waals surface area contributed by atoms with Crippen molar-refractivity contribution in [3.63, 3.8) is 0 Å². The van der Waals surface area contributed by atoms with Crippen LogP contribution in [-0.2, 0) is 12.8 Å². The van der Waals surface area contributed by atoms with Gasteiger partial charge < -0.3 is 0 Å². The van der Waals surface area contributed by atoms with Gasteiger partial charge in [-0.2, -0.15) is 5.26 Å². The Kier molecular flexibility index (Phi) is 12.6. The molecule has 1 aromatic rings. The standard InChI is InChI=1S/C33H53N/c1-3-5-7-9-27-11-15-29(16-12-27)19-20-31-22-24-32(33(25-31)26-34)23-21-30-17-13-28(14-18-30)10-8-6-4-2/h22,24-25,27-30H,3-21,23H2,1-2H3. The number of rotatable bonds is 14. The third-order valence-corrected chi connectivity index (χ3v) is 9.32. The normalized spacial score (nSPS) is 25.2. The Morgan fingerprint density at radius 3 is 1.59 bits per heavy atom. The largest absolute Gasteiger partial charge is 0.192 e. The number of nitriles is 1. The lowest BCUT2D eigenvalue weighted by molar-refractivity contribution is 0.249. The van der Waals surface area contributed by atoms with Gasteiger partial charge in [0.2, 0.25) is 0 Å². The predicted octanol–water partition coefficient (Wildman–Crippen LogP) is 10.2. The molecule has 0 radical (unpaired) electrons. The molecule has 2 aliphatic carbocycles. The fourth-order valence-electron chi connectivity index (χ4n) is 6.82. The Morgan fingerprint density at radius 1 is 0.647 bits per heavy atom. The average Bonchev–Trinajstić information content (AvgIpc) is 2.88. The van der Waals surface area contributed by atoms with Crippen molar-refractivity contribution in [2.45, 2.75) is 142 Å². The fraction of sp³-hybridized carbons (Fsp3) is 0.788. The minimum atomic E-state index is 0.880. The molecule has 34 heavy (non-hydrogen) atoms. The molecule has 1 aromatic carbocycles. The minimum Gasteiger partial charge on any atom is -0.192 e. The first-order chi connectivity index (χ1) is 16.7. The van der Waals surface area contributed by atoms with Crippen molar-refractivity contribution in [2.24, 2.45) is 23.7 Å². The van der Waals surface area contributed by atoms with Gasteiger partial charge in [0, 0.05) is 0 Å². The van der Waals surface area contributed by atoms with Gasteiger partial charge in [-0.05, 0) is 66.5 Å². The molecule has 0 unspecified atom stereocenters. The summed E-state index contributed by atoms with van der Waals surface area (Å²) in [5, 5.41) is 9.80. The van der Waals surface area contributed by atoms with Gasteiger partial charge in [-0.25, -0.2) is 0 Å². The highest BCUT2D eigenvalue weighted by molar-refractivity contribution is 5.41. The molecule has 1 nitrogen and oxygen atoms in total. The van der Waals surface area contributed by atoms with Crippen molar-refractivity contribution >= 4 is 0 Å². The third kappa shape index (κ3) is 9.40. The molecule has 2 aliphatic rings. The van der Waals surface area contributed by atoms with Crippen molar-refractivity contribution in [3.05, 3.63) is 34.9 Å². The summed E-state index contributed by atoms with van der Waals surface area (Å²) in [4.78, 5) is 0. The van der Waals surface area contributed by atoms with Crippen LogP contribution in [-0.4, -0.2) is 0 Å². The van der Waals surface area contributed by atoms with E-state index in [0.717, 1.165) is 42.1 Å². The number of hydrogen-bond acceptors (Lipinski definition) is 1. The monoisotopic (exact) mass is 463 g/mol. The summed E-state index contributed by atoms with van der Waals surface area (Å²) in [6.45, 7) is 4.61. The maximum Gasteiger partial charge on any atom is 0.0994 e. The molecule has 3 rings (SSSR count). The van der Waals surface area contributed by atoms with E-state index < -0.39 is 0 Å². The smallest absolute Gasteiger partial charge is 0.0994 e. The zero-order valence-electron chi connectivity index (χ0n) is 22.6. The Labute approximate surface area is 212 Å². The van der Waals surface area contributed by atoms with Gasteiger partial charge in [0.15, 0.2) is 0 Å². The molecule has 0 spiro atoms. The topological polar surface area (TPSA) is 23.8 Å². The van der Waals surface area contributed by atoms with E-state index in [1.807, 2.05) is 0 Å². The molecule has 0 amide bonds. The van der Waals surface area contributed by atoms with Crippen LogP contribution in [0.2, 0.25) is 0 Å². The highest BCUT2D eigenvalue weighted by atomic mass is 14.3. The number of hydrogen-bond donors (Lipinski definition) is 0. The van der Waals surface area contributed by atoms with Crippen molar-refractivity contribution in [3.8, 4) is 6.07 Å². The van der Waals surface area contributed by atoms with Gasteiger partial charge in [0.1, 0.15) is 0 Å². The molecule has 0 N–H and O–H groups in total. The molecule has 0 atom stereocenters. The molecule has 190 valence electrons. The molecular weight excluding hydrogens is 410 g/mol. The van der Waals surface area contributed by atoms with Crippen LogP contribution in [0.25, 0.3) is 0 Å². The van der Waals surface area contributed by atoms with E-state index in [1.54, 1.807) is 0 Å². The zero-order valence-corrected chi connectivity index (χ0v) is 22.6. The SMILES string of the molecule is CCCCCC1CCC(CCc2ccc(CCC3CCC(CCCCC)CC3)c(C#N)c2)CC1. The van der Waals surface area contributed by atoms with E-state index in [0.29, 0.717) is 0 Å². The third-order valence-electron chi connectivity index (χ3n) is 9.32. The predicted molar refractivity (Wildman–Crippen MR) is 147 cm³/mol. The van der Waals surface area contributed by atoms with Crippen molar-refractivity contribution in [1.82, 2.24) is 0 Å². The fourth-order valence-corrected chi connectivity index (χ4v) is 6.82. The van der Waals surface area contributed by atoms with Gasteiger partial charge in [0.05, 0.1) is 11.6 Å². The van der Waals surface area contributed by atoms with Crippen LogP contribution in [0, 0.1) is 35.0 Å². The lowest BCUT2D eigenvalue weighted by Gasteiger charge is -2.29. The van der Waals surface area contributed by atoms with Crippen LogP contribution in [0.5, 0.6) is 0 Å². The van der Waals surface area contributed by atoms with E-state index in [-0.39, 0.29) is 0 Å². The summed E-state index contributed by atoms with van der Waals surface area (Å²) >= 11 is 0. The maximum atomic E-state index is 9.80. The van der Waals surface area contributed by atoms with Gasteiger partial charge in [0.25, 0.3) is 0 Å². The van der Waals surface area contributed by atoms with Gasteiger partial charge in [-0.15, -0.1) is 0 Å². The number of nitrogens with zero attached hydrogens (tertiary/aromatic N) is 1. The number of aryl methyl sites for hydroxylation is 2. The lowest BCUT2D eigenvalue weighted by Crippen LogP contribution is -2.15. The molecule has 0 aromatic heterocycles. The van der Waals surface area contributed by atoms with Crippen LogP contribution in [0.15, 0.2) is 18.2 Å². The zero-order chi connectivity index (χ0) is 24.0. The van der Waals surface area contributed by atoms with E-state index in [4.69, 9.17) is 0 Å². The highest BCUT2D eigenvalue weighted by Gasteiger charge is 2.22. The summed E-state index contributed by atoms with van der Waals surface area (Å²) in [7, 11) is 0. The van der Waals surface area contributed by atoms with Crippen molar-refractivity contribution in [1.29, 1.82) is 5.26 Å². The van der Waals surface area contributed by atoms with Crippen molar-refractivity contribution in [2.75, 3.05) is 0 Å². The molecule has 0 bridgehead atoms. The van der Waals surface area contributed by atoms with Crippen LogP contribution in [0.3, 0.4) is 0 Å². The molecule has 0 saturated heterocycles. The molecule has 0 heterocycles. The second kappa shape index (κ2) is 15.7. The lowest BCUT2D eigenvalue weighted by atomic mass is 9.77. The average molecular weight is 464 g/mol. The van der Waals surface area contributed by atoms with E-state index in [1.165, 1.54) is 127 Å². The summed E-state index contributed by atoms with van der Waals surface area (Å²) in [5.41, 5.74) is 3.63. The minimum absolute atomic E-state index is 0.880. The first-order valence-electron chi connectivity index (χ1n) is 15.2. The molecule has 0 aliphatic heterocycles. The maximum absolute atomic E-state index is 9.80. The quantitative estimate of drug-likeness (QED) is 0.252. The van der Waals surface area contributed by atoms with Crippen LogP contribution < -0.4 is 0 Å². The van der Waals surface area contributed by atoms with Gasteiger partial charge in [-0.3, -0.25) is 0 Å². The first-order valence-corrected chi connectivity index (χ1v) is 15.2. The Morgan fingerprint density at radius 2 is 1.12 bits per heavy atom. The Balaban J connectivity index is 1.36. The Bertz CT molecular complexity index is 713. The summed E-state index contributed by atoms with van der Waals surface area (Å²) in [6, 6.07) is 9.36. The van der Waals surface area contributed by atoms with Crippen LogP contribution in [0.4, 0.5) is 0 Å². The van der Waals surface area contributed by atoms with Crippen LogP contribution in [0.1, 0.15) is 146 Å². The second-order valence-corrected chi connectivity index (χ2v) is 11.9. The van der Waals surface area contributed by atoms with E-state index >= 15 is 0 Å².